The van der Waals surface area contributed by atoms with E-state index in [0.717, 1.165) is 14.5 Å². The molecule has 3 rings (SSSR count). The van der Waals surface area contributed by atoms with Crippen molar-refractivity contribution in [1.82, 2.24) is 0 Å². The van der Waals surface area contributed by atoms with Crippen LogP contribution in [0.2, 0.25) is 0 Å². The highest BCUT2D eigenvalue weighted by Crippen LogP contribution is 2.30. The Morgan fingerprint density at radius 2 is 1.75 bits per heavy atom. The first-order chi connectivity index (χ1) is 9.54. The SMILES string of the molecule is NC(c1cc(Br)cc(Br)c1)c1cc2cccc(F)c2o1. The fourth-order valence-corrected chi connectivity index (χ4v) is 3.45. The van der Waals surface area contributed by atoms with Gasteiger partial charge in [0.15, 0.2) is 11.4 Å². The minimum Gasteiger partial charge on any atom is -0.456 e. The maximum absolute atomic E-state index is 13.6. The molecule has 2 aromatic carbocycles. The molecule has 0 bridgehead atoms. The predicted molar refractivity (Wildman–Crippen MR) is 84.0 cm³/mol. The van der Waals surface area contributed by atoms with Gasteiger partial charge >= 0.3 is 0 Å². The van der Waals surface area contributed by atoms with E-state index >= 15 is 0 Å². The molecule has 1 atom stereocenters. The third-order valence-corrected chi connectivity index (χ3v) is 3.98. The first-order valence-corrected chi connectivity index (χ1v) is 7.53. The molecule has 102 valence electrons. The summed E-state index contributed by atoms with van der Waals surface area (Å²) in [5.41, 5.74) is 7.33. The van der Waals surface area contributed by atoms with Crippen molar-refractivity contribution in [2.75, 3.05) is 0 Å². The van der Waals surface area contributed by atoms with Gasteiger partial charge in [-0.2, -0.15) is 0 Å². The Morgan fingerprint density at radius 1 is 1.05 bits per heavy atom. The molecule has 2 nitrogen and oxygen atoms in total. The highest BCUT2D eigenvalue weighted by Gasteiger charge is 2.16. The molecule has 0 aliphatic heterocycles. The summed E-state index contributed by atoms with van der Waals surface area (Å²) in [6, 6.07) is 11.9. The molecular weight excluding hydrogens is 389 g/mol. The summed E-state index contributed by atoms with van der Waals surface area (Å²) in [4.78, 5) is 0. The van der Waals surface area contributed by atoms with Crippen LogP contribution in [0.25, 0.3) is 11.0 Å². The molecule has 0 saturated carbocycles. The van der Waals surface area contributed by atoms with Crippen molar-refractivity contribution in [3.63, 3.8) is 0 Å². The average molecular weight is 399 g/mol. The molecule has 0 aliphatic carbocycles. The number of hydrogen-bond acceptors (Lipinski definition) is 2. The van der Waals surface area contributed by atoms with Gasteiger partial charge in [-0.25, -0.2) is 4.39 Å². The molecular formula is C15H10Br2FNO. The van der Waals surface area contributed by atoms with Crippen molar-refractivity contribution in [3.8, 4) is 0 Å². The minimum atomic E-state index is -0.449. The van der Waals surface area contributed by atoms with Crippen LogP contribution in [-0.4, -0.2) is 0 Å². The topological polar surface area (TPSA) is 39.2 Å². The Morgan fingerprint density at radius 3 is 2.40 bits per heavy atom. The maximum atomic E-state index is 13.6. The van der Waals surface area contributed by atoms with Crippen LogP contribution in [0.4, 0.5) is 4.39 Å². The zero-order valence-corrected chi connectivity index (χ0v) is 13.4. The second kappa shape index (κ2) is 5.31. The normalized spacial score (nSPS) is 12.8. The van der Waals surface area contributed by atoms with E-state index in [2.05, 4.69) is 31.9 Å². The Kier molecular flexibility index (Phi) is 3.67. The van der Waals surface area contributed by atoms with Gasteiger partial charge in [0, 0.05) is 14.3 Å². The van der Waals surface area contributed by atoms with E-state index in [1.807, 2.05) is 18.2 Å². The van der Waals surface area contributed by atoms with Gasteiger partial charge in [0.05, 0.1) is 6.04 Å². The molecule has 0 fully saturated rings. The van der Waals surface area contributed by atoms with E-state index in [4.69, 9.17) is 10.2 Å². The Labute approximate surface area is 132 Å². The zero-order chi connectivity index (χ0) is 14.3. The molecule has 1 heterocycles. The number of rotatable bonds is 2. The van der Waals surface area contributed by atoms with Crippen molar-refractivity contribution < 1.29 is 8.81 Å². The van der Waals surface area contributed by atoms with Crippen LogP contribution < -0.4 is 5.73 Å². The molecule has 1 aromatic heterocycles. The summed E-state index contributed by atoms with van der Waals surface area (Å²) in [6.45, 7) is 0. The number of fused-ring (bicyclic) bond motifs is 1. The van der Waals surface area contributed by atoms with Gasteiger partial charge in [0.1, 0.15) is 5.76 Å². The lowest BCUT2D eigenvalue weighted by Crippen LogP contribution is -2.10. The van der Waals surface area contributed by atoms with E-state index in [0.29, 0.717) is 11.1 Å². The first kappa shape index (κ1) is 13.8. The third-order valence-electron chi connectivity index (χ3n) is 3.07. The number of hydrogen-bond donors (Lipinski definition) is 1. The van der Waals surface area contributed by atoms with Crippen LogP contribution in [-0.2, 0) is 0 Å². The fraction of sp³-hybridized carbons (Fsp3) is 0.0667. The van der Waals surface area contributed by atoms with E-state index in [-0.39, 0.29) is 11.4 Å². The molecule has 1 unspecified atom stereocenters. The lowest BCUT2D eigenvalue weighted by Gasteiger charge is -2.10. The summed E-state index contributed by atoms with van der Waals surface area (Å²) in [5.74, 6) is 0.159. The quantitative estimate of drug-likeness (QED) is 0.648. The summed E-state index contributed by atoms with van der Waals surface area (Å²) < 4.78 is 21.0. The van der Waals surface area contributed by atoms with Crippen molar-refractivity contribution >= 4 is 42.8 Å². The molecule has 0 saturated heterocycles. The molecule has 0 aliphatic rings. The number of nitrogens with two attached hydrogens (primary N) is 1. The Balaban J connectivity index is 2.07. The molecule has 5 heteroatoms. The second-order valence-electron chi connectivity index (χ2n) is 4.49. The van der Waals surface area contributed by atoms with Crippen molar-refractivity contribution in [3.05, 3.63) is 68.6 Å². The number of para-hydroxylation sites is 1. The average Bonchev–Trinajstić information content (AvgIpc) is 2.82. The fourth-order valence-electron chi connectivity index (χ4n) is 2.12. The lowest BCUT2D eigenvalue weighted by molar-refractivity contribution is 0.502. The molecule has 0 radical (unpaired) electrons. The van der Waals surface area contributed by atoms with Gasteiger partial charge in [0.25, 0.3) is 0 Å². The van der Waals surface area contributed by atoms with Gasteiger partial charge in [-0.3, -0.25) is 0 Å². The standard InChI is InChI=1S/C15H10Br2FNO/c16-10-4-9(5-11(17)7-10)14(19)13-6-8-2-1-3-12(18)15(8)20-13/h1-7,14H,19H2. The predicted octanol–water partition coefficient (Wildman–Crippen LogP) is 5.15. The highest BCUT2D eigenvalue weighted by atomic mass is 79.9. The lowest BCUT2D eigenvalue weighted by atomic mass is 10.1. The van der Waals surface area contributed by atoms with E-state index in [1.165, 1.54) is 6.07 Å². The molecule has 0 amide bonds. The Hall–Kier alpha value is -1.17. The zero-order valence-electron chi connectivity index (χ0n) is 10.2. The van der Waals surface area contributed by atoms with Crippen LogP contribution in [0.15, 0.2) is 55.8 Å². The van der Waals surface area contributed by atoms with Gasteiger partial charge in [-0.1, -0.05) is 44.0 Å². The summed E-state index contributed by atoms with van der Waals surface area (Å²) in [6.07, 6.45) is 0. The summed E-state index contributed by atoms with van der Waals surface area (Å²) >= 11 is 6.85. The van der Waals surface area contributed by atoms with Gasteiger partial charge < -0.3 is 10.2 Å². The van der Waals surface area contributed by atoms with Crippen LogP contribution in [0.5, 0.6) is 0 Å². The second-order valence-corrected chi connectivity index (χ2v) is 6.32. The van der Waals surface area contributed by atoms with Crippen molar-refractivity contribution in [2.24, 2.45) is 5.73 Å². The van der Waals surface area contributed by atoms with Crippen LogP contribution in [0.1, 0.15) is 17.4 Å². The first-order valence-electron chi connectivity index (χ1n) is 5.94. The minimum absolute atomic E-state index is 0.243. The van der Waals surface area contributed by atoms with E-state index in [9.17, 15) is 4.39 Å². The number of halogens is 3. The Bertz CT molecular complexity index is 764. The van der Waals surface area contributed by atoms with Gasteiger partial charge in [-0.15, -0.1) is 0 Å². The van der Waals surface area contributed by atoms with Crippen LogP contribution >= 0.6 is 31.9 Å². The highest BCUT2D eigenvalue weighted by molar-refractivity contribution is 9.11. The smallest absolute Gasteiger partial charge is 0.169 e. The summed E-state index contributed by atoms with van der Waals surface area (Å²) in [7, 11) is 0. The van der Waals surface area contributed by atoms with Crippen molar-refractivity contribution in [2.45, 2.75) is 6.04 Å². The van der Waals surface area contributed by atoms with Crippen LogP contribution in [0, 0.1) is 5.82 Å². The molecule has 2 N–H and O–H groups in total. The maximum Gasteiger partial charge on any atom is 0.169 e. The monoisotopic (exact) mass is 397 g/mol. The van der Waals surface area contributed by atoms with Crippen LogP contribution in [0.3, 0.4) is 0 Å². The molecule has 20 heavy (non-hydrogen) atoms. The number of furan rings is 1. The largest absolute Gasteiger partial charge is 0.456 e. The van der Waals surface area contributed by atoms with E-state index in [1.54, 1.807) is 18.2 Å². The molecule has 3 aromatic rings. The van der Waals surface area contributed by atoms with Gasteiger partial charge in [-0.05, 0) is 35.9 Å². The third kappa shape index (κ3) is 2.53. The van der Waals surface area contributed by atoms with E-state index < -0.39 is 6.04 Å². The van der Waals surface area contributed by atoms with Crippen molar-refractivity contribution in [1.29, 1.82) is 0 Å². The summed E-state index contributed by atoms with van der Waals surface area (Å²) in [5, 5.41) is 0.713. The number of benzene rings is 2. The van der Waals surface area contributed by atoms with Gasteiger partial charge in [0.2, 0.25) is 0 Å². The molecule has 0 spiro atoms.